The molecule has 0 bridgehead atoms. The van der Waals surface area contributed by atoms with Crippen molar-refractivity contribution in [2.24, 2.45) is 0 Å². The number of carbonyl (C=O) groups is 2. The number of aliphatic carboxylic acids is 1. The number of carboxylic acids is 1. The number of carboxylic acid groups (broad SMARTS) is 1. The number of amides is 2. The molecule has 1 aromatic rings. The molecule has 2 amide bonds. The highest BCUT2D eigenvalue weighted by Gasteiger charge is 2.08. The number of nitrogens with zero attached hydrogens (tertiary/aromatic N) is 2. The quantitative estimate of drug-likeness (QED) is 0.663. The summed E-state index contributed by atoms with van der Waals surface area (Å²) in [5.41, 5.74) is 0.418. The van der Waals surface area contributed by atoms with E-state index in [0.29, 0.717) is 12.1 Å². The van der Waals surface area contributed by atoms with Gasteiger partial charge in [0.05, 0.1) is 11.9 Å². The van der Waals surface area contributed by atoms with Crippen LogP contribution in [0.5, 0.6) is 0 Å². The molecule has 7 nitrogen and oxygen atoms in total. The number of anilines is 1. The second-order valence-corrected chi connectivity index (χ2v) is 3.73. The van der Waals surface area contributed by atoms with E-state index in [-0.39, 0.29) is 12.6 Å². The molecular formula is C11H14N4O3. The summed E-state index contributed by atoms with van der Waals surface area (Å²) >= 11 is 0. The molecule has 1 heterocycles. The highest BCUT2D eigenvalue weighted by molar-refractivity contribution is 5.89. The van der Waals surface area contributed by atoms with E-state index in [1.54, 1.807) is 6.92 Å². The molecule has 0 saturated carbocycles. The van der Waals surface area contributed by atoms with Crippen molar-refractivity contribution in [3.63, 3.8) is 0 Å². The van der Waals surface area contributed by atoms with E-state index in [1.807, 2.05) is 0 Å². The highest BCUT2D eigenvalue weighted by atomic mass is 16.4. The third kappa shape index (κ3) is 4.57. The van der Waals surface area contributed by atoms with Gasteiger partial charge in [-0.25, -0.2) is 4.79 Å². The zero-order valence-corrected chi connectivity index (χ0v) is 9.88. The smallest absolute Gasteiger partial charge is 0.325 e. The molecule has 3 N–H and O–H groups in total. The maximum atomic E-state index is 11.5. The topological polar surface area (TPSA) is 96.3 Å². The van der Waals surface area contributed by atoms with Crippen molar-refractivity contribution in [1.29, 1.82) is 0 Å². The Hall–Kier alpha value is -2.49. The van der Waals surface area contributed by atoms with Crippen LogP contribution >= 0.6 is 0 Å². The Labute approximate surface area is 104 Å². The second-order valence-electron chi connectivity index (χ2n) is 3.73. The number of carbonyl (C=O) groups excluding carboxylic acids is 1. The molecule has 0 fully saturated rings. The molecule has 1 aromatic heterocycles. The summed E-state index contributed by atoms with van der Waals surface area (Å²) in [5.74, 6) is 1.44. The van der Waals surface area contributed by atoms with Crippen LogP contribution in [0, 0.1) is 12.3 Å². The van der Waals surface area contributed by atoms with Gasteiger partial charge in [-0.05, 0) is 6.92 Å². The monoisotopic (exact) mass is 250 g/mol. The SMILES string of the molecule is C#CCC(C)NC(=O)Nc1cnn(CC(=O)O)c1. The molecule has 1 unspecified atom stereocenters. The lowest BCUT2D eigenvalue weighted by Crippen LogP contribution is -2.35. The fraction of sp³-hybridized carbons (Fsp3) is 0.364. The van der Waals surface area contributed by atoms with Crippen LogP contribution in [0.3, 0.4) is 0 Å². The molecule has 0 spiro atoms. The van der Waals surface area contributed by atoms with E-state index in [0.717, 1.165) is 0 Å². The number of hydrogen-bond donors (Lipinski definition) is 3. The molecule has 7 heteroatoms. The number of urea groups is 1. The Kier molecular flexibility index (Phi) is 4.75. The van der Waals surface area contributed by atoms with Gasteiger partial charge in [-0.15, -0.1) is 12.3 Å². The van der Waals surface area contributed by atoms with Gasteiger partial charge in [-0.1, -0.05) is 0 Å². The maximum Gasteiger partial charge on any atom is 0.325 e. The Morgan fingerprint density at radius 3 is 3.00 bits per heavy atom. The highest BCUT2D eigenvalue weighted by Crippen LogP contribution is 2.04. The Morgan fingerprint density at radius 1 is 1.67 bits per heavy atom. The van der Waals surface area contributed by atoms with Crippen LogP contribution in [0.1, 0.15) is 13.3 Å². The third-order valence-electron chi connectivity index (χ3n) is 1.99. The first kappa shape index (κ1) is 13.6. The molecular weight excluding hydrogens is 236 g/mol. The van der Waals surface area contributed by atoms with Crippen molar-refractivity contribution < 1.29 is 14.7 Å². The molecule has 0 aliphatic rings. The van der Waals surface area contributed by atoms with Gasteiger partial charge in [-0.3, -0.25) is 9.48 Å². The first-order valence-electron chi connectivity index (χ1n) is 5.26. The van der Waals surface area contributed by atoms with Crippen LogP contribution in [-0.2, 0) is 11.3 Å². The lowest BCUT2D eigenvalue weighted by Gasteiger charge is -2.10. The third-order valence-corrected chi connectivity index (χ3v) is 1.99. The van der Waals surface area contributed by atoms with E-state index < -0.39 is 12.0 Å². The van der Waals surface area contributed by atoms with Crippen molar-refractivity contribution >= 4 is 17.7 Å². The standard InChI is InChI=1S/C11H14N4O3/c1-3-4-8(2)13-11(18)14-9-5-12-15(6-9)7-10(16)17/h1,5-6,8H,4,7H2,2H3,(H,16,17)(H2,13,14,18). The zero-order valence-electron chi connectivity index (χ0n) is 9.88. The first-order valence-corrected chi connectivity index (χ1v) is 5.26. The average Bonchev–Trinajstić information content (AvgIpc) is 2.64. The van der Waals surface area contributed by atoms with Gasteiger partial charge in [-0.2, -0.15) is 5.10 Å². The average molecular weight is 250 g/mol. The van der Waals surface area contributed by atoms with E-state index in [9.17, 15) is 9.59 Å². The lowest BCUT2D eigenvalue weighted by atomic mass is 10.2. The molecule has 1 atom stereocenters. The van der Waals surface area contributed by atoms with Crippen LogP contribution in [0.25, 0.3) is 0 Å². The van der Waals surface area contributed by atoms with E-state index in [2.05, 4.69) is 21.7 Å². The summed E-state index contributed by atoms with van der Waals surface area (Å²) < 4.78 is 1.21. The van der Waals surface area contributed by atoms with E-state index >= 15 is 0 Å². The molecule has 0 aromatic carbocycles. The van der Waals surface area contributed by atoms with Gasteiger partial charge in [0.25, 0.3) is 0 Å². The fourth-order valence-electron chi connectivity index (χ4n) is 1.27. The van der Waals surface area contributed by atoms with Crippen LogP contribution in [0.4, 0.5) is 10.5 Å². The van der Waals surface area contributed by atoms with Gasteiger partial charge in [0.15, 0.2) is 0 Å². The van der Waals surface area contributed by atoms with Crippen molar-refractivity contribution in [1.82, 2.24) is 15.1 Å². The predicted octanol–water partition coefficient (Wildman–Crippen LogP) is 0.501. The lowest BCUT2D eigenvalue weighted by molar-refractivity contribution is -0.137. The van der Waals surface area contributed by atoms with Gasteiger partial charge >= 0.3 is 12.0 Å². The summed E-state index contributed by atoms with van der Waals surface area (Å²) in [5, 5.41) is 17.5. The summed E-state index contributed by atoms with van der Waals surface area (Å²) in [6, 6.07) is -0.545. The van der Waals surface area contributed by atoms with Crippen LogP contribution < -0.4 is 10.6 Å². The van der Waals surface area contributed by atoms with Crippen molar-refractivity contribution in [3.05, 3.63) is 12.4 Å². The summed E-state index contributed by atoms with van der Waals surface area (Å²) in [6.07, 6.45) is 8.35. The zero-order chi connectivity index (χ0) is 13.5. The molecule has 0 aliphatic heterocycles. The summed E-state index contributed by atoms with van der Waals surface area (Å²) in [4.78, 5) is 21.9. The minimum Gasteiger partial charge on any atom is -0.480 e. The molecule has 1 rings (SSSR count). The minimum atomic E-state index is -1.00. The normalized spacial score (nSPS) is 11.3. The van der Waals surface area contributed by atoms with Gasteiger partial charge in [0, 0.05) is 18.7 Å². The Balaban J connectivity index is 2.47. The van der Waals surface area contributed by atoms with E-state index in [4.69, 9.17) is 11.5 Å². The van der Waals surface area contributed by atoms with Gasteiger partial charge in [0.2, 0.25) is 0 Å². The number of terminal acetylenes is 1. The van der Waals surface area contributed by atoms with Crippen LogP contribution in [0.15, 0.2) is 12.4 Å². The molecule has 0 saturated heterocycles. The number of rotatable bonds is 5. The number of nitrogens with one attached hydrogen (secondary N) is 2. The Morgan fingerprint density at radius 2 is 2.39 bits per heavy atom. The maximum absolute atomic E-state index is 11.5. The predicted molar refractivity (Wildman–Crippen MR) is 64.9 cm³/mol. The Bertz CT molecular complexity index is 475. The molecule has 96 valence electrons. The van der Waals surface area contributed by atoms with Crippen LogP contribution in [0.2, 0.25) is 0 Å². The molecule has 0 aliphatic carbocycles. The van der Waals surface area contributed by atoms with Crippen molar-refractivity contribution in [3.8, 4) is 12.3 Å². The van der Waals surface area contributed by atoms with Crippen molar-refractivity contribution in [2.75, 3.05) is 5.32 Å². The van der Waals surface area contributed by atoms with Crippen molar-refractivity contribution in [2.45, 2.75) is 25.9 Å². The molecule has 0 radical (unpaired) electrons. The number of aromatic nitrogens is 2. The summed E-state index contributed by atoms with van der Waals surface area (Å²) in [6.45, 7) is 1.53. The van der Waals surface area contributed by atoms with Crippen LogP contribution in [-0.4, -0.2) is 32.9 Å². The first-order chi connectivity index (χ1) is 8.51. The van der Waals surface area contributed by atoms with Gasteiger partial charge < -0.3 is 15.7 Å². The van der Waals surface area contributed by atoms with E-state index in [1.165, 1.54) is 17.1 Å². The molecule has 18 heavy (non-hydrogen) atoms. The van der Waals surface area contributed by atoms with Gasteiger partial charge in [0.1, 0.15) is 6.54 Å². The minimum absolute atomic E-state index is 0.135. The fourth-order valence-corrected chi connectivity index (χ4v) is 1.27. The summed E-state index contributed by atoms with van der Waals surface area (Å²) in [7, 11) is 0. The number of hydrogen-bond acceptors (Lipinski definition) is 3. The largest absolute Gasteiger partial charge is 0.480 e. The second kappa shape index (κ2) is 6.30.